The largest absolute Gasteiger partial charge is 0.497 e. The molecule has 5 heteroatoms. The molecule has 5 nitrogen and oxygen atoms in total. The Labute approximate surface area is 141 Å². The molecule has 122 valence electrons. The molecule has 1 aliphatic rings. The molecule has 1 aromatic heterocycles. The number of benzene rings is 2. The first-order valence-corrected chi connectivity index (χ1v) is 8.11. The summed E-state index contributed by atoms with van der Waals surface area (Å²) in [5.41, 5.74) is 3.71. The minimum Gasteiger partial charge on any atom is -0.497 e. The number of rotatable bonds is 3. The molecule has 0 saturated carbocycles. The highest BCUT2D eigenvalue weighted by Crippen LogP contribution is 2.38. The van der Waals surface area contributed by atoms with Gasteiger partial charge in [-0.3, -0.25) is 0 Å². The number of ether oxygens (including phenoxy) is 1. The van der Waals surface area contributed by atoms with E-state index < -0.39 is 0 Å². The molecular weight excluding hydrogens is 300 g/mol. The van der Waals surface area contributed by atoms with Gasteiger partial charge in [0.2, 0.25) is 5.95 Å². The summed E-state index contributed by atoms with van der Waals surface area (Å²) in [7, 11) is 1.69. The fourth-order valence-corrected chi connectivity index (χ4v) is 3.26. The van der Waals surface area contributed by atoms with E-state index in [4.69, 9.17) is 4.74 Å². The smallest absolute Gasteiger partial charge is 0.222 e. The van der Waals surface area contributed by atoms with E-state index >= 15 is 0 Å². The second kappa shape index (κ2) is 6.00. The monoisotopic (exact) mass is 320 g/mol. The Morgan fingerprint density at radius 1 is 1.12 bits per heavy atom. The molecule has 0 spiro atoms. The van der Waals surface area contributed by atoms with Crippen LogP contribution in [0.1, 0.15) is 35.2 Å². The van der Waals surface area contributed by atoms with Gasteiger partial charge in [-0.15, -0.1) is 0 Å². The van der Waals surface area contributed by atoms with Crippen LogP contribution in [-0.2, 0) is 0 Å². The van der Waals surface area contributed by atoms with Gasteiger partial charge in [-0.1, -0.05) is 42.0 Å². The van der Waals surface area contributed by atoms with E-state index in [1.54, 1.807) is 13.4 Å². The standard InChI is InChI=1S/C19H20N4O/c1-13-6-8-14(9-7-13)17-11-18(23-19(22-17)20-12-21-23)15-4-3-5-16(10-15)24-2/h3-10,12,17-18H,11H2,1-2H3,(H,20,21,22). The van der Waals surface area contributed by atoms with E-state index in [0.29, 0.717) is 0 Å². The minimum absolute atomic E-state index is 0.130. The molecule has 1 aliphatic heterocycles. The zero-order valence-electron chi connectivity index (χ0n) is 13.8. The number of nitrogens with zero attached hydrogens (tertiary/aromatic N) is 3. The number of aromatic nitrogens is 3. The van der Waals surface area contributed by atoms with Crippen LogP contribution in [0.15, 0.2) is 54.9 Å². The summed E-state index contributed by atoms with van der Waals surface area (Å²) in [5, 5.41) is 7.91. The third-order valence-electron chi connectivity index (χ3n) is 4.59. The highest BCUT2D eigenvalue weighted by molar-refractivity contribution is 5.40. The van der Waals surface area contributed by atoms with E-state index in [1.165, 1.54) is 16.7 Å². The van der Waals surface area contributed by atoms with Gasteiger partial charge < -0.3 is 10.1 Å². The van der Waals surface area contributed by atoms with Crippen molar-refractivity contribution < 1.29 is 4.74 Å². The Kier molecular flexibility index (Phi) is 3.69. The zero-order valence-corrected chi connectivity index (χ0v) is 13.8. The first-order chi connectivity index (χ1) is 11.7. The van der Waals surface area contributed by atoms with Gasteiger partial charge in [0.15, 0.2) is 0 Å². The zero-order chi connectivity index (χ0) is 16.5. The SMILES string of the molecule is COc1cccc(C2CC(c3ccc(C)cc3)Nc3ncnn32)c1. The number of hydrogen-bond donors (Lipinski definition) is 1. The van der Waals surface area contributed by atoms with Gasteiger partial charge in [-0.25, -0.2) is 4.68 Å². The van der Waals surface area contributed by atoms with Crippen LogP contribution in [0, 0.1) is 6.92 Å². The van der Waals surface area contributed by atoms with Crippen LogP contribution in [0.2, 0.25) is 0 Å². The van der Waals surface area contributed by atoms with Gasteiger partial charge in [0.1, 0.15) is 12.1 Å². The summed E-state index contributed by atoms with van der Waals surface area (Å²) >= 11 is 0. The Balaban J connectivity index is 1.72. The molecule has 0 fully saturated rings. The Bertz CT molecular complexity index is 841. The topological polar surface area (TPSA) is 52.0 Å². The van der Waals surface area contributed by atoms with Crippen molar-refractivity contribution in [3.63, 3.8) is 0 Å². The van der Waals surface area contributed by atoms with Crippen LogP contribution in [0.4, 0.5) is 5.95 Å². The summed E-state index contributed by atoms with van der Waals surface area (Å²) in [6.45, 7) is 2.10. The van der Waals surface area contributed by atoms with Crippen LogP contribution < -0.4 is 10.1 Å². The quantitative estimate of drug-likeness (QED) is 0.799. The number of aryl methyl sites for hydroxylation is 1. The number of methoxy groups -OCH3 is 1. The third-order valence-corrected chi connectivity index (χ3v) is 4.59. The van der Waals surface area contributed by atoms with Crippen LogP contribution in [0.5, 0.6) is 5.75 Å². The predicted octanol–water partition coefficient (Wildman–Crippen LogP) is 3.74. The van der Waals surface area contributed by atoms with Crippen molar-refractivity contribution in [1.82, 2.24) is 14.8 Å². The van der Waals surface area contributed by atoms with Gasteiger partial charge in [-0.05, 0) is 36.6 Å². The molecule has 2 heterocycles. The van der Waals surface area contributed by atoms with E-state index in [-0.39, 0.29) is 12.1 Å². The molecule has 2 unspecified atom stereocenters. The van der Waals surface area contributed by atoms with Gasteiger partial charge in [0, 0.05) is 0 Å². The molecule has 0 bridgehead atoms. The summed E-state index contributed by atoms with van der Waals surface area (Å²) in [5.74, 6) is 1.67. The van der Waals surface area contributed by atoms with Crippen molar-refractivity contribution in [1.29, 1.82) is 0 Å². The maximum absolute atomic E-state index is 5.38. The molecular formula is C19H20N4O. The number of nitrogens with one attached hydrogen (secondary N) is 1. The molecule has 0 saturated heterocycles. The molecule has 3 aromatic rings. The van der Waals surface area contributed by atoms with E-state index in [9.17, 15) is 0 Å². The number of fused-ring (bicyclic) bond motifs is 1. The first kappa shape index (κ1) is 14.8. The predicted molar refractivity (Wildman–Crippen MR) is 93.3 cm³/mol. The van der Waals surface area contributed by atoms with Crippen molar-refractivity contribution in [2.24, 2.45) is 0 Å². The Morgan fingerprint density at radius 3 is 2.75 bits per heavy atom. The van der Waals surface area contributed by atoms with Crippen molar-refractivity contribution in [2.75, 3.05) is 12.4 Å². The Hall–Kier alpha value is -2.82. The van der Waals surface area contributed by atoms with Crippen LogP contribution in [-0.4, -0.2) is 21.9 Å². The number of anilines is 1. The van der Waals surface area contributed by atoms with E-state index in [1.807, 2.05) is 16.8 Å². The fraction of sp³-hybridized carbons (Fsp3) is 0.263. The van der Waals surface area contributed by atoms with Gasteiger partial charge in [-0.2, -0.15) is 10.1 Å². The van der Waals surface area contributed by atoms with Crippen molar-refractivity contribution >= 4 is 5.95 Å². The summed E-state index contributed by atoms with van der Waals surface area (Å²) < 4.78 is 7.34. The molecule has 0 amide bonds. The maximum atomic E-state index is 5.38. The summed E-state index contributed by atoms with van der Waals surface area (Å²) in [4.78, 5) is 4.38. The number of hydrogen-bond acceptors (Lipinski definition) is 4. The van der Waals surface area contributed by atoms with Crippen molar-refractivity contribution in [2.45, 2.75) is 25.4 Å². The van der Waals surface area contributed by atoms with Gasteiger partial charge >= 0.3 is 0 Å². The summed E-state index contributed by atoms with van der Waals surface area (Å²) in [6, 6.07) is 17.2. The van der Waals surface area contributed by atoms with Crippen LogP contribution in [0.3, 0.4) is 0 Å². The third kappa shape index (κ3) is 2.62. The van der Waals surface area contributed by atoms with E-state index in [0.717, 1.165) is 18.1 Å². The molecule has 2 atom stereocenters. The molecule has 1 N–H and O–H groups in total. The second-order valence-corrected chi connectivity index (χ2v) is 6.16. The Morgan fingerprint density at radius 2 is 1.96 bits per heavy atom. The first-order valence-electron chi connectivity index (χ1n) is 8.11. The lowest BCUT2D eigenvalue weighted by Crippen LogP contribution is -2.28. The average molecular weight is 320 g/mol. The van der Waals surface area contributed by atoms with Crippen LogP contribution >= 0.6 is 0 Å². The highest BCUT2D eigenvalue weighted by Gasteiger charge is 2.30. The lowest BCUT2D eigenvalue weighted by molar-refractivity contribution is 0.406. The minimum atomic E-state index is 0.130. The van der Waals surface area contributed by atoms with E-state index in [2.05, 4.69) is 58.7 Å². The van der Waals surface area contributed by atoms with Crippen molar-refractivity contribution in [3.8, 4) is 5.75 Å². The molecule has 0 aliphatic carbocycles. The highest BCUT2D eigenvalue weighted by atomic mass is 16.5. The second-order valence-electron chi connectivity index (χ2n) is 6.16. The molecule has 0 radical (unpaired) electrons. The molecule has 24 heavy (non-hydrogen) atoms. The van der Waals surface area contributed by atoms with Gasteiger partial charge in [0.05, 0.1) is 19.2 Å². The normalized spacial score (nSPS) is 19.4. The molecule has 4 rings (SSSR count). The maximum Gasteiger partial charge on any atom is 0.222 e. The average Bonchev–Trinajstić information content (AvgIpc) is 3.10. The summed E-state index contributed by atoms with van der Waals surface area (Å²) in [6.07, 6.45) is 2.51. The van der Waals surface area contributed by atoms with Crippen molar-refractivity contribution in [3.05, 3.63) is 71.5 Å². The lowest BCUT2D eigenvalue weighted by Gasteiger charge is -2.32. The molecule has 2 aromatic carbocycles. The van der Waals surface area contributed by atoms with Gasteiger partial charge in [0.25, 0.3) is 0 Å². The van der Waals surface area contributed by atoms with Crippen LogP contribution in [0.25, 0.3) is 0 Å². The fourth-order valence-electron chi connectivity index (χ4n) is 3.26. The lowest BCUT2D eigenvalue weighted by atomic mass is 9.93.